The predicted octanol–water partition coefficient (Wildman–Crippen LogP) is 3.24. The van der Waals surface area contributed by atoms with E-state index in [-0.39, 0.29) is 24.0 Å². The summed E-state index contributed by atoms with van der Waals surface area (Å²) >= 11 is 0. The smallest absolute Gasteiger partial charge is 0.191 e. The monoisotopic (exact) mass is 574 g/mol. The number of ether oxygens (including phenoxy) is 3. The largest absolute Gasteiger partial charge is 0.490 e. The zero-order chi connectivity index (χ0) is 23.2. The second-order valence-corrected chi connectivity index (χ2v) is 7.19. The molecule has 0 fully saturated rings. The maximum absolute atomic E-state index is 5.74. The molecule has 2 rings (SSSR count). The molecule has 0 aliphatic carbocycles. The van der Waals surface area contributed by atoms with E-state index in [0.717, 1.165) is 68.3 Å². The molecule has 0 amide bonds. The topological polar surface area (TPSA) is 94.8 Å². The number of benzene rings is 1. The van der Waals surface area contributed by atoms with Crippen molar-refractivity contribution in [2.45, 2.75) is 47.1 Å². The van der Waals surface area contributed by atoms with Gasteiger partial charge in [-0.2, -0.15) is 0 Å². The molecule has 0 spiro atoms. The molecule has 0 radical (unpaired) electrons. The van der Waals surface area contributed by atoms with Gasteiger partial charge in [0, 0.05) is 33.4 Å². The van der Waals surface area contributed by atoms with Crippen molar-refractivity contribution in [3.8, 4) is 11.5 Å². The van der Waals surface area contributed by atoms with Crippen LogP contribution in [-0.2, 0) is 24.8 Å². The molecule has 1 aromatic heterocycles. The highest BCUT2D eigenvalue weighted by molar-refractivity contribution is 14.0. The standard InChI is InChI=1S/C23H38N6O3.HI/c1-6-30-15-9-13-24-23(26-17-22-28-27-18(4)29(22)5)25-14-12-19-10-11-20(31-7-2)21(16-19)32-8-3;/h10-11,16H,6-9,12-15,17H2,1-5H3,(H2,24,25,26);1H. The van der Waals surface area contributed by atoms with Gasteiger partial charge in [0.25, 0.3) is 0 Å². The molecule has 0 saturated heterocycles. The van der Waals surface area contributed by atoms with E-state index in [4.69, 9.17) is 14.2 Å². The lowest BCUT2D eigenvalue weighted by molar-refractivity contribution is 0.145. The van der Waals surface area contributed by atoms with Crippen LogP contribution in [0.25, 0.3) is 0 Å². The Morgan fingerprint density at radius 2 is 1.73 bits per heavy atom. The number of hydrogen-bond donors (Lipinski definition) is 2. The fraction of sp³-hybridized carbons (Fsp3) is 0.609. The van der Waals surface area contributed by atoms with E-state index in [0.29, 0.717) is 19.8 Å². The second-order valence-electron chi connectivity index (χ2n) is 7.19. The average molecular weight is 575 g/mol. The van der Waals surface area contributed by atoms with E-state index < -0.39 is 0 Å². The Hall–Kier alpha value is -2.08. The summed E-state index contributed by atoms with van der Waals surface area (Å²) in [5.74, 6) is 4.01. The van der Waals surface area contributed by atoms with Gasteiger partial charge < -0.3 is 29.4 Å². The molecule has 33 heavy (non-hydrogen) atoms. The minimum Gasteiger partial charge on any atom is -0.490 e. The summed E-state index contributed by atoms with van der Waals surface area (Å²) in [6.45, 7) is 12.5. The minimum atomic E-state index is 0. The molecule has 10 heteroatoms. The van der Waals surface area contributed by atoms with Crippen LogP contribution in [-0.4, -0.2) is 60.2 Å². The van der Waals surface area contributed by atoms with Gasteiger partial charge in [0.05, 0.1) is 13.2 Å². The van der Waals surface area contributed by atoms with Crippen LogP contribution >= 0.6 is 24.0 Å². The Morgan fingerprint density at radius 3 is 2.39 bits per heavy atom. The molecule has 0 aliphatic heterocycles. The van der Waals surface area contributed by atoms with Crippen LogP contribution in [0.2, 0.25) is 0 Å². The summed E-state index contributed by atoms with van der Waals surface area (Å²) in [5.41, 5.74) is 1.17. The summed E-state index contributed by atoms with van der Waals surface area (Å²) in [6, 6.07) is 6.09. The molecule has 0 bridgehead atoms. The summed E-state index contributed by atoms with van der Waals surface area (Å²) < 4.78 is 18.8. The van der Waals surface area contributed by atoms with Crippen LogP contribution in [0.1, 0.15) is 44.4 Å². The van der Waals surface area contributed by atoms with E-state index in [1.54, 1.807) is 0 Å². The molecule has 2 N–H and O–H groups in total. The van der Waals surface area contributed by atoms with Gasteiger partial charge in [-0.3, -0.25) is 0 Å². The van der Waals surface area contributed by atoms with Gasteiger partial charge in [0.15, 0.2) is 23.3 Å². The zero-order valence-electron chi connectivity index (χ0n) is 20.5. The number of aliphatic imine (C=N–C) groups is 1. The normalized spacial score (nSPS) is 11.1. The fourth-order valence-electron chi connectivity index (χ4n) is 3.01. The van der Waals surface area contributed by atoms with Crippen molar-refractivity contribution in [1.82, 2.24) is 25.4 Å². The first kappa shape index (κ1) is 29.0. The van der Waals surface area contributed by atoms with Gasteiger partial charge in [-0.15, -0.1) is 34.2 Å². The Morgan fingerprint density at radius 1 is 1.00 bits per heavy atom. The Kier molecular flexibility index (Phi) is 14.5. The summed E-state index contributed by atoms with van der Waals surface area (Å²) in [4.78, 5) is 4.69. The SMILES string of the molecule is CCOCCCNC(=NCc1nnc(C)n1C)NCCc1ccc(OCC)c(OCC)c1.I. The molecule has 0 aliphatic rings. The molecule has 9 nitrogen and oxygen atoms in total. The zero-order valence-corrected chi connectivity index (χ0v) is 22.8. The van der Waals surface area contributed by atoms with Gasteiger partial charge in [0.2, 0.25) is 0 Å². The van der Waals surface area contributed by atoms with Gasteiger partial charge >= 0.3 is 0 Å². The lowest BCUT2D eigenvalue weighted by Gasteiger charge is -2.14. The molecule has 0 saturated carbocycles. The molecular formula is C23H39IN6O3. The molecule has 1 aromatic carbocycles. The van der Waals surface area contributed by atoms with E-state index in [1.807, 2.05) is 51.4 Å². The highest BCUT2D eigenvalue weighted by Gasteiger charge is 2.08. The van der Waals surface area contributed by atoms with E-state index in [1.165, 1.54) is 5.56 Å². The van der Waals surface area contributed by atoms with Crippen molar-refractivity contribution in [1.29, 1.82) is 0 Å². The van der Waals surface area contributed by atoms with Crippen LogP contribution < -0.4 is 20.1 Å². The number of guanidine groups is 1. The molecule has 0 unspecified atom stereocenters. The number of nitrogens with one attached hydrogen (secondary N) is 2. The third kappa shape index (κ3) is 10.2. The van der Waals surface area contributed by atoms with Crippen molar-refractivity contribution in [2.75, 3.05) is 39.5 Å². The quantitative estimate of drug-likeness (QED) is 0.155. The van der Waals surface area contributed by atoms with Gasteiger partial charge in [0.1, 0.15) is 12.4 Å². The highest BCUT2D eigenvalue weighted by Crippen LogP contribution is 2.28. The number of nitrogens with zero attached hydrogens (tertiary/aromatic N) is 4. The van der Waals surface area contributed by atoms with Crippen LogP contribution in [0.3, 0.4) is 0 Å². The number of aromatic nitrogens is 3. The number of aryl methyl sites for hydroxylation is 1. The highest BCUT2D eigenvalue weighted by atomic mass is 127. The van der Waals surface area contributed by atoms with Crippen LogP contribution in [0, 0.1) is 6.92 Å². The third-order valence-electron chi connectivity index (χ3n) is 4.84. The molecule has 2 aromatic rings. The molecule has 0 atom stereocenters. The van der Waals surface area contributed by atoms with Gasteiger partial charge in [-0.05, 0) is 58.2 Å². The Balaban J connectivity index is 0.00000544. The Labute approximate surface area is 214 Å². The van der Waals surface area contributed by atoms with Crippen molar-refractivity contribution < 1.29 is 14.2 Å². The summed E-state index contributed by atoms with van der Waals surface area (Å²) in [5, 5.41) is 15.1. The first-order valence-corrected chi connectivity index (χ1v) is 11.4. The van der Waals surface area contributed by atoms with Crippen LogP contribution in [0.5, 0.6) is 11.5 Å². The van der Waals surface area contributed by atoms with Crippen molar-refractivity contribution in [3.05, 3.63) is 35.4 Å². The van der Waals surface area contributed by atoms with Crippen molar-refractivity contribution in [2.24, 2.45) is 12.0 Å². The minimum absolute atomic E-state index is 0. The maximum atomic E-state index is 5.74. The maximum Gasteiger partial charge on any atom is 0.191 e. The number of halogens is 1. The summed E-state index contributed by atoms with van der Waals surface area (Å²) in [6.07, 6.45) is 1.74. The number of hydrogen-bond acceptors (Lipinski definition) is 6. The van der Waals surface area contributed by atoms with Crippen molar-refractivity contribution >= 4 is 29.9 Å². The van der Waals surface area contributed by atoms with E-state index >= 15 is 0 Å². The third-order valence-corrected chi connectivity index (χ3v) is 4.84. The first-order valence-electron chi connectivity index (χ1n) is 11.4. The molecule has 1 heterocycles. The predicted molar refractivity (Wildman–Crippen MR) is 142 cm³/mol. The lowest BCUT2D eigenvalue weighted by Crippen LogP contribution is -2.39. The first-order chi connectivity index (χ1) is 15.6. The summed E-state index contributed by atoms with van der Waals surface area (Å²) in [7, 11) is 1.95. The number of rotatable bonds is 14. The molecular weight excluding hydrogens is 535 g/mol. The fourth-order valence-corrected chi connectivity index (χ4v) is 3.01. The lowest BCUT2D eigenvalue weighted by atomic mass is 10.1. The van der Waals surface area contributed by atoms with Gasteiger partial charge in [-0.1, -0.05) is 6.07 Å². The van der Waals surface area contributed by atoms with E-state index in [9.17, 15) is 0 Å². The molecule has 186 valence electrons. The van der Waals surface area contributed by atoms with E-state index in [2.05, 4.69) is 31.9 Å². The van der Waals surface area contributed by atoms with Crippen molar-refractivity contribution in [3.63, 3.8) is 0 Å². The van der Waals surface area contributed by atoms with Gasteiger partial charge in [-0.25, -0.2) is 4.99 Å². The Bertz CT molecular complexity index is 844. The van der Waals surface area contributed by atoms with Crippen LogP contribution in [0.4, 0.5) is 0 Å². The average Bonchev–Trinajstić information content (AvgIpc) is 3.11. The second kappa shape index (κ2) is 16.5. The van der Waals surface area contributed by atoms with Crippen LogP contribution in [0.15, 0.2) is 23.2 Å².